The quantitative estimate of drug-likeness (QED) is 0.627. The van der Waals surface area contributed by atoms with Gasteiger partial charge in [0.2, 0.25) is 0 Å². The summed E-state index contributed by atoms with van der Waals surface area (Å²) >= 11 is 5.74. The number of nitrogen functional groups attached to an aromatic ring is 1. The normalized spacial score (nSPS) is 26.8. The van der Waals surface area contributed by atoms with Crippen molar-refractivity contribution in [2.24, 2.45) is 5.92 Å². The fraction of sp³-hybridized carbons (Fsp3) is 0.562. The molecular weight excluding hydrogens is 252 g/mol. The third-order valence-corrected chi connectivity index (χ3v) is 5.13. The lowest BCUT2D eigenvalue weighted by molar-refractivity contribution is 0.122. The fourth-order valence-corrected chi connectivity index (χ4v) is 4.03. The number of nitrogens with zero attached hydrogens (tertiary/aromatic N) is 1. The number of nitrogens with two attached hydrogens (primary N) is 1. The molecule has 0 bridgehead atoms. The van der Waals surface area contributed by atoms with Crippen molar-refractivity contribution in [1.82, 2.24) is 4.90 Å². The zero-order chi connectivity index (χ0) is 13.2. The smallest absolute Gasteiger partial charge is 0.109 e. The number of benzene rings is 1. The zero-order valence-electron chi connectivity index (χ0n) is 11.3. The number of hydrogen-bond acceptors (Lipinski definition) is 2. The number of anilines is 1. The van der Waals surface area contributed by atoms with E-state index in [-0.39, 0.29) is 0 Å². The summed E-state index contributed by atoms with van der Waals surface area (Å²) in [5.41, 5.74) is 7.71. The molecule has 1 aliphatic carbocycles. The van der Waals surface area contributed by atoms with Crippen LogP contribution >= 0.6 is 12.2 Å². The summed E-state index contributed by atoms with van der Waals surface area (Å²) in [6, 6.07) is 8.70. The number of rotatable bonds is 1. The molecule has 2 nitrogen and oxygen atoms in total. The molecule has 0 spiro atoms. The molecule has 1 saturated heterocycles. The van der Waals surface area contributed by atoms with Crippen LogP contribution in [0, 0.1) is 5.92 Å². The molecule has 2 N–H and O–H groups in total. The number of likely N-dealkylation sites (tertiary alicyclic amines) is 1. The Kier molecular flexibility index (Phi) is 3.74. The fourth-order valence-electron chi connectivity index (χ4n) is 3.67. The van der Waals surface area contributed by atoms with Gasteiger partial charge >= 0.3 is 0 Å². The van der Waals surface area contributed by atoms with E-state index < -0.39 is 0 Å². The van der Waals surface area contributed by atoms with E-state index >= 15 is 0 Å². The van der Waals surface area contributed by atoms with Gasteiger partial charge in [0.05, 0.1) is 0 Å². The van der Waals surface area contributed by atoms with Crippen molar-refractivity contribution in [3.8, 4) is 0 Å². The van der Waals surface area contributed by atoms with E-state index in [0.29, 0.717) is 6.04 Å². The maximum absolute atomic E-state index is 5.75. The molecule has 0 aromatic heterocycles. The van der Waals surface area contributed by atoms with Gasteiger partial charge in [-0.3, -0.25) is 0 Å². The molecule has 1 saturated carbocycles. The van der Waals surface area contributed by atoms with Crippen molar-refractivity contribution in [2.75, 3.05) is 12.3 Å². The average molecular weight is 274 g/mol. The molecule has 19 heavy (non-hydrogen) atoms. The third-order valence-electron chi connectivity index (χ3n) is 4.66. The van der Waals surface area contributed by atoms with Crippen molar-refractivity contribution in [2.45, 2.75) is 44.6 Å². The molecule has 0 radical (unpaired) electrons. The third kappa shape index (κ3) is 2.62. The van der Waals surface area contributed by atoms with E-state index in [1.54, 1.807) is 0 Å². The Morgan fingerprint density at radius 3 is 2.53 bits per heavy atom. The van der Waals surface area contributed by atoms with E-state index in [2.05, 4.69) is 17.0 Å². The number of hydrogen-bond donors (Lipinski definition) is 1. The molecule has 3 rings (SSSR count). The van der Waals surface area contributed by atoms with Crippen LogP contribution in [0.5, 0.6) is 0 Å². The van der Waals surface area contributed by atoms with E-state index in [1.807, 2.05) is 12.1 Å². The van der Waals surface area contributed by atoms with Crippen molar-refractivity contribution < 1.29 is 0 Å². The van der Waals surface area contributed by atoms with Crippen molar-refractivity contribution in [1.29, 1.82) is 0 Å². The second-order valence-electron chi connectivity index (χ2n) is 5.87. The molecule has 1 aliphatic heterocycles. The Morgan fingerprint density at radius 1 is 1.05 bits per heavy atom. The highest BCUT2D eigenvalue weighted by atomic mass is 32.1. The van der Waals surface area contributed by atoms with Crippen LogP contribution in [0.15, 0.2) is 24.3 Å². The molecule has 2 aliphatic rings. The minimum absolute atomic E-state index is 0.688. The standard InChI is InChI=1S/C16H22N2S/c17-14-9-7-13(8-10-14)16(19)18-11-3-5-12-4-1-2-6-15(12)18/h7-10,12,15H,1-6,11,17H2/t12-,15+/m1/s1. The molecule has 0 unspecified atom stereocenters. The minimum Gasteiger partial charge on any atom is -0.399 e. The van der Waals surface area contributed by atoms with Crippen LogP contribution in [0.2, 0.25) is 0 Å². The minimum atomic E-state index is 0.688. The highest BCUT2D eigenvalue weighted by molar-refractivity contribution is 7.80. The first-order valence-electron chi connectivity index (χ1n) is 7.42. The maximum atomic E-state index is 5.75. The van der Waals surface area contributed by atoms with Crippen molar-refractivity contribution in [3.05, 3.63) is 29.8 Å². The molecular formula is C16H22N2S. The van der Waals surface area contributed by atoms with Crippen LogP contribution in [0.1, 0.15) is 44.1 Å². The topological polar surface area (TPSA) is 29.3 Å². The van der Waals surface area contributed by atoms with Gasteiger partial charge in [0.15, 0.2) is 0 Å². The molecule has 1 heterocycles. The van der Waals surface area contributed by atoms with Gasteiger partial charge in [-0.2, -0.15) is 0 Å². The van der Waals surface area contributed by atoms with Gasteiger partial charge in [0.1, 0.15) is 4.99 Å². The van der Waals surface area contributed by atoms with Crippen LogP contribution in [0.4, 0.5) is 5.69 Å². The summed E-state index contributed by atoms with van der Waals surface area (Å²) in [5, 5.41) is 0. The second kappa shape index (κ2) is 5.49. The van der Waals surface area contributed by atoms with Crippen LogP contribution in [0.25, 0.3) is 0 Å². The van der Waals surface area contributed by atoms with Gasteiger partial charge in [0.25, 0.3) is 0 Å². The van der Waals surface area contributed by atoms with Gasteiger partial charge in [-0.25, -0.2) is 0 Å². The van der Waals surface area contributed by atoms with Crippen LogP contribution in [-0.4, -0.2) is 22.5 Å². The highest BCUT2D eigenvalue weighted by Gasteiger charge is 2.34. The van der Waals surface area contributed by atoms with Gasteiger partial charge in [-0.1, -0.05) is 25.1 Å². The summed E-state index contributed by atoms with van der Waals surface area (Å²) in [7, 11) is 0. The average Bonchev–Trinajstić information content (AvgIpc) is 2.47. The molecule has 102 valence electrons. The predicted molar refractivity (Wildman–Crippen MR) is 84.2 cm³/mol. The first kappa shape index (κ1) is 12.9. The van der Waals surface area contributed by atoms with Gasteiger partial charge in [0, 0.05) is 23.8 Å². The largest absolute Gasteiger partial charge is 0.399 e. The van der Waals surface area contributed by atoms with Crippen molar-refractivity contribution >= 4 is 22.9 Å². The lowest BCUT2D eigenvalue weighted by atomic mass is 9.78. The van der Waals surface area contributed by atoms with Crippen LogP contribution in [0.3, 0.4) is 0 Å². The lowest BCUT2D eigenvalue weighted by Gasteiger charge is -2.45. The van der Waals surface area contributed by atoms with E-state index in [9.17, 15) is 0 Å². The second-order valence-corrected chi connectivity index (χ2v) is 6.26. The van der Waals surface area contributed by atoms with Crippen LogP contribution in [-0.2, 0) is 0 Å². The van der Waals surface area contributed by atoms with Gasteiger partial charge < -0.3 is 10.6 Å². The summed E-state index contributed by atoms with van der Waals surface area (Å²) in [6.45, 7) is 1.13. The van der Waals surface area contributed by atoms with Gasteiger partial charge in [-0.05, 0) is 55.9 Å². The molecule has 2 atom stereocenters. The first-order valence-corrected chi connectivity index (χ1v) is 7.83. The number of piperidine rings is 1. The number of fused-ring (bicyclic) bond motifs is 1. The molecule has 0 amide bonds. The highest BCUT2D eigenvalue weighted by Crippen LogP contribution is 2.36. The molecule has 1 aromatic carbocycles. The molecule has 2 fully saturated rings. The predicted octanol–water partition coefficient (Wildman–Crippen LogP) is 3.60. The van der Waals surface area contributed by atoms with E-state index in [1.165, 1.54) is 38.5 Å². The van der Waals surface area contributed by atoms with E-state index in [0.717, 1.165) is 28.7 Å². The zero-order valence-corrected chi connectivity index (χ0v) is 12.2. The monoisotopic (exact) mass is 274 g/mol. The molecule has 3 heteroatoms. The molecule has 1 aromatic rings. The van der Waals surface area contributed by atoms with Crippen molar-refractivity contribution in [3.63, 3.8) is 0 Å². The summed E-state index contributed by atoms with van der Waals surface area (Å²) in [4.78, 5) is 3.52. The SMILES string of the molecule is Nc1ccc(C(=S)N2CCC[C@H]3CCCC[C@@H]32)cc1. The Bertz CT molecular complexity index is 452. The summed E-state index contributed by atoms with van der Waals surface area (Å²) in [6.07, 6.45) is 8.17. The summed E-state index contributed by atoms with van der Waals surface area (Å²) in [5.74, 6) is 0.870. The van der Waals surface area contributed by atoms with Gasteiger partial charge in [-0.15, -0.1) is 0 Å². The first-order chi connectivity index (χ1) is 9.25. The maximum Gasteiger partial charge on any atom is 0.109 e. The lowest BCUT2D eigenvalue weighted by Crippen LogP contribution is -2.49. The Morgan fingerprint density at radius 2 is 1.74 bits per heavy atom. The number of thiocarbonyl (C=S) groups is 1. The summed E-state index contributed by atoms with van der Waals surface area (Å²) < 4.78 is 0. The Balaban J connectivity index is 1.79. The van der Waals surface area contributed by atoms with E-state index in [4.69, 9.17) is 18.0 Å². The Labute approximate surface area is 121 Å². The van der Waals surface area contributed by atoms with Crippen LogP contribution < -0.4 is 5.73 Å². The Hall–Kier alpha value is -1.09.